The van der Waals surface area contributed by atoms with Gasteiger partial charge >= 0.3 is 0 Å². The molecule has 1 N–H and O–H groups in total. The molecule has 1 aromatic carbocycles. The molecule has 0 aliphatic carbocycles. The van der Waals surface area contributed by atoms with Gasteiger partial charge in [-0.05, 0) is 49.4 Å². The summed E-state index contributed by atoms with van der Waals surface area (Å²) in [6, 6.07) is 6.96. The van der Waals surface area contributed by atoms with Crippen LogP contribution in [0.3, 0.4) is 0 Å². The first-order valence-electron chi connectivity index (χ1n) is 7.55. The van der Waals surface area contributed by atoms with Crippen LogP contribution in [0.5, 0.6) is 5.75 Å². The van der Waals surface area contributed by atoms with Gasteiger partial charge in [-0.25, -0.2) is 0 Å². The molecule has 1 aliphatic rings. The van der Waals surface area contributed by atoms with Crippen molar-refractivity contribution < 1.29 is 4.74 Å². The van der Waals surface area contributed by atoms with E-state index in [9.17, 15) is 0 Å². The Kier molecular flexibility index (Phi) is 5.44. The normalized spacial score (nSPS) is 21.3. The topological polar surface area (TPSA) is 24.5 Å². The van der Waals surface area contributed by atoms with Gasteiger partial charge < -0.3 is 15.0 Å². The van der Waals surface area contributed by atoms with Gasteiger partial charge in [0.15, 0.2) is 0 Å². The average molecular weight is 308 g/mol. The van der Waals surface area contributed by atoms with E-state index in [1.54, 1.807) is 7.11 Å². The van der Waals surface area contributed by atoms with E-state index in [-0.39, 0.29) is 0 Å². The predicted molar refractivity (Wildman–Crippen MR) is 93.5 cm³/mol. The van der Waals surface area contributed by atoms with Crippen molar-refractivity contribution in [2.45, 2.75) is 32.9 Å². The molecule has 3 nitrogen and oxygen atoms in total. The fraction of sp³-hybridized carbons (Fsp3) is 0.647. The molecular formula is C17H28N2OS. The van der Waals surface area contributed by atoms with E-state index in [4.69, 9.17) is 4.74 Å². The molecule has 0 bridgehead atoms. The summed E-state index contributed by atoms with van der Waals surface area (Å²) in [5, 5.41) is 3.71. The summed E-state index contributed by atoms with van der Waals surface area (Å²) >= 11 is 2.05. The molecule has 1 unspecified atom stereocenters. The van der Waals surface area contributed by atoms with E-state index in [0.29, 0.717) is 11.5 Å². The summed E-state index contributed by atoms with van der Waals surface area (Å²) in [7, 11) is 5.93. The van der Waals surface area contributed by atoms with E-state index >= 15 is 0 Å². The van der Waals surface area contributed by atoms with Crippen molar-refractivity contribution in [2.24, 2.45) is 5.41 Å². The molecule has 1 atom stereocenters. The highest BCUT2D eigenvalue weighted by Crippen LogP contribution is 2.36. The minimum Gasteiger partial charge on any atom is -0.495 e. The Labute approximate surface area is 133 Å². The van der Waals surface area contributed by atoms with Gasteiger partial charge in [-0.3, -0.25) is 0 Å². The second kappa shape index (κ2) is 6.93. The first-order valence-corrected chi connectivity index (χ1v) is 8.71. The van der Waals surface area contributed by atoms with Crippen molar-refractivity contribution in [3.05, 3.63) is 23.8 Å². The molecule has 1 aliphatic heterocycles. The van der Waals surface area contributed by atoms with Crippen LogP contribution in [0.2, 0.25) is 0 Å². The largest absolute Gasteiger partial charge is 0.495 e. The second-order valence-electron chi connectivity index (χ2n) is 7.00. The van der Waals surface area contributed by atoms with Crippen molar-refractivity contribution in [1.29, 1.82) is 0 Å². The minimum atomic E-state index is 0.412. The molecule has 1 saturated heterocycles. The monoisotopic (exact) mass is 308 g/mol. The van der Waals surface area contributed by atoms with Gasteiger partial charge in [0.05, 0.1) is 12.8 Å². The zero-order chi connectivity index (χ0) is 15.5. The predicted octanol–water partition coefficient (Wildman–Crippen LogP) is 3.70. The zero-order valence-electron chi connectivity index (χ0n) is 13.9. The van der Waals surface area contributed by atoms with Crippen LogP contribution in [0.4, 0.5) is 5.69 Å². The number of methoxy groups -OCH3 is 1. The van der Waals surface area contributed by atoms with Gasteiger partial charge in [-0.15, -0.1) is 0 Å². The van der Waals surface area contributed by atoms with Gasteiger partial charge in [-0.1, -0.05) is 19.9 Å². The van der Waals surface area contributed by atoms with Crippen LogP contribution in [0.1, 0.15) is 25.8 Å². The highest BCUT2D eigenvalue weighted by molar-refractivity contribution is 7.99. The zero-order valence-corrected chi connectivity index (χ0v) is 14.7. The lowest BCUT2D eigenvalue weighted by Gasteiger charge is -2.35. The Hall–Kier alpha value is -0.870. The van der Waals surface area contributed by atoms with Gasteiger partial charge in [0.25, 0.3) is 0 Å². The summed E-state index contributed by atoms with van der Waals surface area (Å²) < 4.78 is 5.52. The summed E-state index contributed by atoms with van der Waals surface area (Å²) in [4.78, 5) is 2.19. The lowest BCUT2D eigenvalue weighted by Crippen LogP contribution is -2.35. The number of benzene rings is 1. The van der Waals surface area contributed by atoms with Crippen molar-refractivity contribution in [3.63, 3.8) is 0 Å². The third kappa shape index (κ3) is 4.82. The highest BCUT2D eigenvalue weighted by Gasteiger charge is 2.28. The van der Waals surface area contributed by atoms with Crippen LogP contribution >= 0.6 is 11.8 Å². The van der Waals surface area contributed by atoms with Crippen LogP contribution in [0.15, 0.2) is 18.2 Å². The molecule has 0 radical (unpaired) electrons. The minimum absolute atomic E-state index is 0.412. The molecule has 1 aromatic rings. The maximum absolute atomic E-state index is 5.52. The van der Waals surface area contributed by atoms with E-state index in [0.717, 1.165) is 18.0 Å². The van der Waals surface area contributed by atoms with Gasteiger partial charge in [0.1, 0.15) is 5.75 Å². The molecule has 2 rings (SSSR count). The summed E-state index contributed by atoms with van der Waals surface area (Å²) in [5.74, 6) is 3.36. The van der Waals surface area contributed by atoms with E-state index < -0.39 is 0 Å². The van der Waals surface area contributed by atoms with Crippen molar-refractivity contribution in [2.75, 3.05) is 38.0 Å². The number of anilines is 1. The van der Waals surface area contributed by atoms with E-state index in [2.05, 4.69) is 56.4 Å². The molecule has 0 amide bonds. The molecule has 1 heterocycles. The third-order valence-electron chi connectivity index (χ3n) is 3.73. The number of nitrogens with zero attached hydrogens (tertiary/aromatic N) is 1. The van der Waals surface area contributed by atoms with Crippen LogP contribution in [0.25, 0.3) is 0 Å². The Morgan fingerprint density at radius 1 is 1.38 bits per heavy atom. The van der Waals surface area contributed by atoms with E-state index in [1.165, 1.54) is 23.5 Å². The van der Waals surface area contributed by atoms with E-state index in [1.807, 2.05) is 11.8 Å². The number of ether oxygens (including phenoxy) is 1. The van der Waals surface area contributed by atoms with Gasteiger partial charge in [-0.2, -0.15) is 11.8 Å². The standard InChI is InChI=1S/C17H28N2OS/c1-17(2)9-14(11-21-12-17)18-15-8-13(10-19(3)4)6-7-16(15)20-5/h6-8,14,18H,9-12H2,1-5H3. The van der Waals surface area contributed by atoms with Crippen molar-refractivity contribution in [3.8, 4) is 5.75 Å². The maximum Gasteiger partial charge on any atom is 0.141 e. The summed E-state index contributed by atoms with van der Waals surface area (Å²) in [5.41, 5.74) is 2.85. The van der Waals surface area contributed by atoms with Gasteiger partial charge in [0.2, 0.25) is 0 Å². The van der Waals surface area contributed by atoms with Crippen LogP contribution in [-0.4, -0.2) is 43.7 Å². The number of nitrogens with one attached hydrogen (secondary N) is 1. The van der Waals surface area contributed by atoms with Crippen molar-refractivity contribution in [1.82, 2.24) is 4.90 Å². The summed E-state index contributed by atoms with van der Waals surface area (Å²) in [6.07, 6.45) is 1.21. The quantitative estimate of drug-likeness (QED) is 0.896. The first kappa shape index (κ1) is 16.5. The molecule has 4 heteroatoms. The first-order chi connectivity index (χ1) is 9.89. The fourth-order valence-corrected chi connectivity index (χ4v) is 4.18. The number of hydrogen-bond acceptors (Lipinski definition) is 4. The Morgan fingerprint density at radius 2 is 2.14 bits per heavy atom. The molecule has 21 heavy (non-hydrogen) atoms. The lowest BCUT2D eigenvalue weighted by atomic mass is 9.87. The molecule has 0 spiro atoms. The Morgan fingerprint density at radius 3 is 2.76 bits per heavy atom. The van der Waals surface area contributed by atoms with Crippen LogP contribution < -0.4 is 10.1 Å². The van der Waals surface area contributed by atoms with Crippen LogP contribution in [-0.2, 0) is 6.54 Å². The third-order valence-corrected chi connectivity index (χ3v) is 5.36. The molecule has 0 saturated carbocycles. The molecule has 1 fully saturated rings. The molecule has 118 valence electrons. The SMILES string of the molecule is COc1ccc(CN(C)C)cc1NC1CSCC(C)(C)C1. The smallest absolute Gasteiger partial charge is 0.141 e. The fourth-order valence-electron chi connectivity index (χ4n) is 2.91. The molecular weight excluding hydrogens is 280 g/mol. The Bertz CT molecular complexity index is 474. The summed E-state index contributed by atoms with van der Waals surface area (Å²) in [6.45, 7) is 5.66. The Balaban J connectivity index is 2.13. The number of thioether (sulfide) groups is 1. The van der Waals surface area contributed by atoms with Crippen LogP contribution in [0, 0.1) is 5.41 Å². The maximum atomic E-state index is 5.52. The second-order valence-corrected chi connectivity index (χ2v) is 8.03. The van der Waals surface area contributed by atoms with Crippen molar-refractivity contribution >= 4 is 17.4 Å². The molecule has 0 aromatic heterocycles. The number of hydrogen-bond donors (Lipinski definition) is 1. The number of rotatable bonds is 5. The average Bonchev–Trinajstić information content (AvgIpc) is 2.37. The lowest BCUT2D eigenvalue weighted by molar-refractivity contribution is 0.356. The highest BCUT2D eigenvalue weighted by atomic mass is 32.2. The van der Waals surface area contributed by atoms with Gasteiger partial charge in [0, 0.05) is 18.3 Å².